The molecule has 4 saturated heterocycles. The number of rotatable bonds is 14. The minimum absolute atomic E-state index is 0.0512. The van der Waals surface area contributed by atoms with Gasteiger partial charge in [-0.2, -0.15) is 20.4 Å². The van der Waals surface area contributed by atoms with Gasteiger partial charge in [-0.1, -0.05) is 156 Å². The summed E-state index contributed by atoms with van der Waals surface area (Å²) in [6, 6.07) is 37.7. The monoisotopic (exact) mass is 2110 g/mol. The van der Waals surface area contributed by atoms with E-state index in [1.165, 1.54) is 35.2 Å². The molecule has 144 heavy (non-hydrogen) atoms. The van der Waals surface area contributed by atoms with Gasteiger partial charge in [0.15, 0.2) is 22.6 Å². The van der Waals surface area contributed by atoms with Crippen molar-refractivity contribution in [1.82, 2.24) is 113 Å². The Kier molecular flexibility index (Phi) is 30.1. The van der Waals surface area contributed by atoms with Crippen LogP contribution in [0.25, 0.3) is 67.6 Å². The predicted molar refractivity (Wildman–Crippen MR) is 553 cm³/mol. The normalized spacial score (nSPS) is 17.5. The number of nitrogens with zero attached hydrogens (tertiary/aromatic N) is 21. The summed E-state index contributed by atoms with van der Waals surface area (Å²) in [4.78, 5) is 151. The minimum atomic E-state index is -1.24. The molecule has 38 heteroatoms. The lowest BCUT2D eigenvalue weighted by atomic mass is 9.81. The zero-order chi connectivity index (χ0) is 104. The number of benzene rings is 4. The maximum atomic E-state index is 13.9. The van der Waals surface area contributed by atoms with Gasteiger partial charge in [-0.15, -0.1) is 5.10 Å². The summed E-state index contributed by atoms with van der Waals surface area (Å²) in [6.45, 7) is 44.6. The van der Waals surface area contributed by atoms with Gasteiger partial charge in [0, 0.05) is 136 Å². The van der Waals surface area contributed by atoms with Crippen LogP contribution >= 0.6 is 43.5 Å². The Labute approximate surface area is 857 Å². The quantitative estimate of drug-likeness (QED) is 0.0851. The van der Waals surface area contributed by atoms with Crippen molar-refractivity contribution in [3.63, 3.8) is 0 Å². The van der Waals surface area contributed by atoms with Crippen LogP contribution in [0.15, 0.2) is 155 Å². The first-order valence-electron chi connectivity index (χ1n) is 48.4. The van der Waals surface area contributed by atoms with Crippen molar-refractivity contribution in [3.05, 3.63) is 223 Å². The van der Waals surface area contributed by atoms with Crippen LogP contribution in [-0.2, 0) is 40.2 Å². The summed E-state index contributed by atoms with van der Waals surface area (Å²) in [6.07, 6.45) is 9.43. The molecule has 0 unspecified atom stereocenters. The lowest BCUT2D eigenvalue weighted by Gasteiger charge is -2.47. The highest BCUT2D eigenvalue weighted by molar-refractivity contribution is 9.10. The number of carbonyl (C=O) groups is 9. The molecule has 1 aliphatic carbocycles. The fourth-order valence-electron chi connectivity index (χ4n) is 19.2. The van der Waals surface area contributed by atoms with Crippen LogP contribution in [0.4, 0.5) is 4.39 Å². The molecule has 13 aromatic rings. The Bertz CT molecular complexity index is 7080. The second kappa shape index (κ2) is 41.2. The molecule has 34 nitrogen and oxygen atoms in total. The molecule has 3 N–H and O–H groups in total. The van der Waals surface area contributed by atoms with Crippen molar-refractivity contribution < 1.29 is 57.4 Å². The lowest BCUT2D eigenvalue weighted by molar-refractivity contribution is -0.153. The standard InChI is InChI=1S/C32H40BrN5O4.C27H31BrN8O2.C25H28FN5O4.C22H26ClN5O/c1-31(2,3)24-17-25(20-11-13-23(33)14-12-20)35-38-18-26(34-27(24)38)29(40)37-16-15-36(19-32(37,4)5)28(39)21-7-9-22(10-8-21)30(41)42-6;1-16-29-22(32-31-16)25(38)34-11-12-35(27(5,6)15-34)24(37)21-14-36-23(30-21)19(26(2,3)4)13-20(33-36)17-7-9-18(28)10-8-17;1-24(2,3)17-12-18(15-6-8-16(26)9-7-15)28-31-13-19(27-21(17)31)22(34)30-11-10-29(14-20(32)33)23(35)25(30,4)5;1-14(2)17-11-18(15-5-7-16(23)8-6-15)26-28-12-19(25-20(17)28)21(29)27-10-9-24-13-22(27,3)4/h11-14,17-18,21-22H,7-10,15-16,19H2,1-6H3;7-10,13-14H,11-12,15H2,1-6H3,(H,29,31,32);6-9,12-13H,10-11,14H2,1-5H3,(H,32,33);5-8,11-12,14,24H,9-10,13H2,1-4H3. The molecule has 0 bridgehead atoms. The van der Waals surface area contributed by atoms with E-state index >= 15 is 0 Å². The van der Waals surface area contributed by atoms with Crippen molar-refractivity contribution in [2.24, 2.45) is 11.8 Å². The zero-order valence-corrected chi connectivity index (χ0v) is 89.3. The largest absolute Gasteiger partial charge is 0.480 e. The number of aryl methyl sites for hydroxylation is 1. The molecule has 0 atom stereocenters. The molecule has 13 heterocycles. The maximum absolute atomic E-state index is 13.9. The molecule has 0 spiro atoms. The molecular formula is C106H125Br2ClFN23O11. The van der Waals surface area contributed by atoms with Crippen LogP contribution in [0, 0.1) is 24.6 Å². The number of aromatic nitrogens is 15. The molecule has 4 aromatic carbocycles. The smallest absolute Gasteiger partial charge is 0.323 e. The van der Waals surface area contributed by atoms with Gasteiger partial charge in [-0.3, -0.25) is 48.2 Å². The number of H-pyrrole nitrogens is 1. The van der Waals surface area contributed by atoms with Crippen LogP contribution < -0.4 is 5.32 Å². The number of nitrogens with one attached hydrogen (secondary N) is 2. The highest BCUT2D eigenvalue weighted by atomic mass is 79.9. The molecular weight excluding hydrogens is 1990 g/mol. The Balaban J connectivity index is 0.000000146. The van der Waals surface area contributed by atoms with E-state index in [9.17, 15) is 47.5 Å². The number of hydrogen-bond donors (Lipinski definition) is 3. The number of imidazole rings is 4. The molecule has 1 saturated carbocycles. The van der Waals surface area contributed by atoms with Crippen LogP contribution in [0.1, 0.15) is 244 Å². The fourth-order valence-corrected chi connectivity index (χ4v) is 19.8. The molecule has 7 amide bonds. The maximum Gasteiger partial charge on any atom is 0.323 e. The van der Waals surface area contributed by atoms with Crippen molar-refractivity contribution in [1.29, 1.82) is 0 Å². The SMILES string of the molecule is CC(C)(C)c1cc(-c2ccc(F)cc2)nn2cc(C(=O)N3CCN(CC(=O)O)C(=O)C3(C)C)nc12.CC(C)c1cc(-c2ccc(Cl)cc2)nn2cc(C(=O)N3CCNCC3(C)C)nc12.COC(=O)C1CCC(C(=O)N2CCN(C(=O)c3cn4nc(-c5ccc(Br)cc5)cc(C(C)(C)C)c4n3)C(C)(C)C2)CC1.Cc1nc(C(=O)N2CCN(C(=O)c3cn4nc(-c5ccc(Br)cc5)cc(C(C)(C)C)c4n3)C(C)(C)C2)n[nH]1. The number of piperazine rings is 4. The Morgan fingerprint density at radius 1 is 0.486 bits per heavy atom. The van der Waals surface area contributed by atoms with E-state index < -0.39 is 40.9 Å². The number of amides is 7. The van der Waals surface area contributed by atoms with Gasteiger partial charge >= 0.3 is 11.9 Å². The number of carbonyl (C=O) groups excluding carboxylic acids is 8. The Morgan fingerprint density at radius 3 is 1.26 bits per heavy atom. The first kappa shape index (κ1) is 105. The van der Waals surface area contributed by atoms with E-state index in [-0.39, 0.29) is 105 Å². The Morgan fingerprint density at radius 2 is 0.861 bits per heavy atom. The van der Waals surface area contributed by atoms with Crippen molar-refractivity contribution in [2.45, 2.75) is 208 Å². The zero-order valence-electron chi connectivity index (χ0n) is 85.3. The number of hydrogen-bond acceptors (Lipinski definition) is 21. The van der Waals surface area contributed by atoms with Crippen LogP contribution in [-0.4, -0.2) is 274 Å². The number of esters is 1. The van der Waals surface area contributed by atoms with E-state index in [4.69, 9.17) is 51.7 Å². The number of aliphatic carboxylic acids is 1. The van der Waals surface area contributed by atoms with E-state index in [0.29, 0.717) is 122 Å². The van der Waals surface area contributed by atoms with E-state index in [2.05, 4.69) is 150 Å². The summed E-state index contributed by atoms with van der Waals surface area (Å²) < 4.78 is 27.0. The highest BCUT2D eigenvalue weighted by Gasteiger charge is 2.48. The molecule has 9 aromatic heterocycles. The number of carboxylic acid groups (broad SMARTS) is 1. The fraction of sp³-hybridized carbons (Fsp3) is 0.443. The summed E-state index contributed by atoms with van der Waals surface area (Å²) in [5.74, 6) is -2.29. The first-order chi connectivity index (χ1) is 67.7. The van der Waals surface area contributed by atoms with Crippen LogP contribution in [0.2, 0.25) is 5.02 Å². The van der Waals surface area contributed by atoms with Gasteiger partial charge in [0.2, 0.25) is 17.6 Å². The topological polar surface area (TPSA) is 380 Å². The number of fused-ring (bicyclic) bond motifs is 4. The van der Waals surface area contributed by atoms with E-state index in [1.54, 1.807) is 79.4 Å². The third-order valence-corrected chi connectivity index (χ3v) is 28.5. The van der Waals surface area contributed by atoms with Crippen molar-refractivity contribution in [2.75, 3.05) is 85.6 Å². The summed E-state index contributed by atoms with van der Waals surface area (Å²) in [7, 11) is 1.41. The van der Waals surface area contributed by atoms with Crippen LogP contribution in [0.3, 0.4) is 0 Å². The summed E-state index contributed by atoms with van der Waals surface area (Å²) in [5, 5.41) is 38.8. The highest BCUT2D eigenvalue weighted by Crippen LogP contribution is 2.40. The average Bonchev–Trinajstić information content (AvgIpc) is 1.64. The van der Waals surface area contributed by atoms with Gasteiger partial charge < -0.3 is 49.5 Å². The number of ether oxygens (including phenoxy) is 1. The van der Waals surface area contributed by atoms with E-state index in [0.717, 1.165) is 89.3 Å². The summed E-state index contributed by atoms with van der Waals surface area (Å²) >= 11 is 13.0. The predicted octanol–water partition coefficient (Wildman–Crippen LogP) is 16.7. The molecule has 18 rings (SSSR count). The molecule has 758 valence electrons. The number of methoxy groups -OCH3 is 1. The number of aromatic amines is 1. The molecule has 4 aliphatic heterocycles. The van der Waals surface area contributed by atoms with Crippen molar-refractivity contribution >= 4 is 119 Å². The second-order valence-electron chi connectivity index (χ2n) is 43.2. The van der Waals surface area contributed by atoms with Gasteiger partial charge in [0.05, 0.1) is 77.2 Å². The molecule has 0 radical (unpaired) electrons. The van der Waals surface area contributed by atoms with Gasteiger partial charge in [0.1, 0.15) is 46.5 Å². The minimum Gasteiger partial charge on any atom is -0.480 e. The van der Waals surface area contributed by atoms with Crippen LogP contribution in [0.5, 0.6) is 0 Å². The lowest BCUT2D eigenvalue weighted by Crippen LogP contribution is -2.65. The third kappa shape index (κ3) is 22.7. The number of carboxylic acids is 1. The van der Waals surface area contributed by atoms with Gasteiger partial charge in [0.25, 0.3) is 29.5 Å². The van der Waals surface area contributed by atoms with Gasteiger partial charge in [-0.25, -0.2) is 47.4 Å². The van der Waals surface area contributed by atoms with Crippen molar-refractivity contribution in [3.8, 4) is 45.0 Å². The molecule has 5 aliphatic rings. The summed E-state index contributed by atoms with van der Waals surface area (Å²) in [5.41, 5.74) is 11.0. The molecule has 5 fully saturated rings. The third-order valence-electron chi connectivity index (χ3n) is 27.2. The second-order valence-corrected chi connectivity index (χ2v) is 45.5. The Hall–Kier alpha value is -13.1. The average molecular weight is 2110 g/mol. The van der Waals surface area contributed by atoms with E-state index in [1.807, 2.05) is 142 Å². The van der Waals surface area contributed by atoms with Gasteiger partial charge in [-0.05, 0) is 195 Å². The first-order valence-corrected chi connectivity index (χ1v) is 50.3. The number of halogens is 4.